The van der Waals surface area contributed by atoms with Crippen LogP contribution in [0.1, 0.15) is 109 Å². The Morgan fingerprint density at radius 3 is 0.992 bits per heavy atom. The lowest BCUT2D eigenvalue weighted by atomic mass is 10.1. The lowest BCUT2D eigenvalue weighted by Gasteiger charge is -2.32. The monoisotopic (exact) mass is 1600 g/mol. The maximum Gasteiger partial charge on any atom is 0.246 e. The van der Waals surface area contributed by atoms with Gasteiger partial charge in [0.05, 0.1) is 34.3 Å². The number of hydrogen-bond donors (Lipinski definition) is 3. The van der Waals surface area contributed by atoms with Gasteiger partial charge in [-0.2, -0.15) is 15.3 Å². The molecule has 3 saturated heterocycles. The topological polar surface area (TPSA) is 307 Å². The Morgan fingerprint density at radius 2 is 0.672 bits per heavy atom. The highest BCUT2D eigenvalue weighted by Crippen LogP contribution is 2.41. The van der Waals surface area contributed by atoms with E-state index in [1.165, 1.54) is 70.3 Å². The molecule has 6 aromatic heterocycles. The zero-order valence-electron chi connectivity index (χ0n) is 67.3. The number of benzene rings is 6. The van der Waals surface area contributed by atoms with Crippen molar-refractivity contribution in [3.05, 3.63) is 219 Å². The number of rotatable bonds is 27. The highest BCUT2D eigenvalue weighted by atomic mass is 16.5. The first-order valence-corrected chi connectivity index (χ1v) is 41.9. The number of ether oxygens (including phenoxy) is 3. The third-order valence-electron chi connectivity index (χ3n) is 23.3. The van der Waals surface area contributed by atoms with Gasteiger partial charge in [-0.05, 0) is 199 Å². The average Bonchev–Trinajstić information content (AvgIpc) is 1.61. The number of para-hydroxylation sites is 3. The molecule has 0 spiro atoms. The maximum atomic E-state index is 13.1. The third kappa shape index (κ3) is 18.7. The Balaban J connectivity index is 0.000000128. The first-order valence-electron chi connectivity index (χ1n) is 41.9. The summed E-state index contributed by atoms with van der Waals surface area (Å²) in [5.74, 6) is 5.85. The second-order valence-corrected chi connectivity index (χ2v) is 31.6. The van der Waals surface area contributed by atoms with Gasteiger partial charge < -0.3 is 46.1 Å². The average molecular weight is 1600 g/mol. The molecule has 6 aromatic carbocycles. The molecule has 3 aliphatic heterocycles. The molecule has 27 heteroatoms. The van der Waals surface area contributed by atoms with Crippen molar-refractivity contribution in [3.8, 4) is 68.3 Å². The molecule has 0 radical (unpaired) electrons. The number of likely N-dealkylation sites (tertiary alicyclic amines) is 3. The summed E-state index contributed by atoms with van der Waals surface area (Å²) < 4.78 is 23.6. The van der Waals surface area contributed by atoms with Crippen LogP contribution in [-0.2, 0) is 14.4 Å². The smallest absolute Gasteiger partial charge is 0.246 e. The van der Waals surface area contributed by atoms with Crippen LogP contribution in [0, 0.1) is 0 Å². The minimum Gasteiger partial charge on any atom is -0.457 e. The van der Waals surface area contributed by atoms with E-state index in [-0.39, 0.29) is 35.8 Å². The molecule has 3 amide bonds. The zero-order chi connectivity index (χ0) is 81.3. The summed E-state index contributed by atoms with van der Waals surface area (Å²) in [6, 6.07) is 55.2. The summed E-state index contributed by atoms with van der Waals surface area (Å²) in [6.45, 7) is 12.7. The lowest BCUT2D eigenvalue weighted by molar-refractivity contribution is -0.128. The number of anilines is 3. The molecule has 119 heavy (non-hydrogen) atoms. The molecule has 0 unspecified atom stereocenters. The molecular weight excluding hydrogens is 1500 g/mol. The van der Waals surface area contributed by atoms with E-state index in [0.717, 1.165) is 161 Å². The van der Waals surface area contributed by atoms with Gasteiger partial charge in [-0.15, -0.1) is 0 Å². The van der Waals surface area contributed by atoms with E-state index in [0.29, 0.717) is 79.2 Å². The quantitative estimate of drug-likeness (QED) is 0.0403. The Bertz CT molecular complexity index is 5600. The third-order valence-corrected chi connectivity index (χ3v) is 23.3. The fraction of sp³-hybridized carbons (Fsp3) is 0.348. The number of amides is 3. The van der Waals surface area contributed by atoms with Crippen molar-refractivity contribution in [2.45, 2.75) is 133 Å². The van der Waals surface area contributed by atoms with Crippen LogP contribution < -0.4 is 31.4 Å². The van der Waals surface area contributed by atoms with E-state index in [1.54, 1.807) is 18.2 Å². The molecule has 4 aliphatic carbocycles. The molecule has 9 heterocycles. The Hall–Kier alpha value is -12.7. The van der Waals surface area contributed by atoms with Gasteiger partial charge in [0, 0.05) is 118 Å². The molecule has 7 aliphatic rings. The van der Waals surface area contributed by atoms with Crippen LogP contribution in [0.2, 0.25) is 0 Å². The van der Waals surface area contributed by atoms with Crippen LogP contribution >= 0.6 is 0 Å². The zero-order valence-corrected chi connectivity index (χ0v) is 67.3. The van der Waals surface area contributed by atoms with Gasteiger partial charge in [0.2, 0.25) is 17.7 Å². The summed E-state index contributed by atoms with van der Waals surface area (Å²) in [5.41, 5.74) is 25.9. The van der Waals surface area contributed by atoms with Crippen molar-refractivity contribution in [3.63, 3.8) is 0 Å². The molecule has 3 atom stereocenters. The molecule has 6 N–H and O–H groups in total. The number of nitrogens with two attached hydrogens (primary N) is 3. The van der Waals surface area contributed by atoms with Gasteiger partial charge in [-0.1, -0.05) is 86.7 Å². The lowest BCUT2D eigenvalue weighted by Crippen LogP contribution is -2.40. The first kappa shape index (κ1) is 78.8. The second kappa shape index (κ2) is 36.0. The van der Waals surface area contributed by atoms with Crippen LogP contribution in [-0.4, -0.2) is 203 Å². The van der Waals surface area contributed by atoms with Crippen molar-refractivity contribution >= 4 is 68.3 Å². The van der Waals surface area contributed by atoms with Gasteiger partial charge in [-0.3, -0.25) is 29.1 Å². The molecule has 19 rings (SSSR count). The number of piperidine rings is 1. The van der Waals surface area contributed by atoms with Gasteiger partial charge >= 0.3 is 0 Å². The van der Waals surface area contributed by atoms with E-state index < -0.39 is 0 Å². The van der Waals surface area contributed by atoms with Crippen molar-refractivity contribution in [2.24, 2.45) is 0 Å². The molecular formula is C92H101N21O6. The van der Waals surface area contributed by atoms with E-state index in [9.17, 15) is 14.4 Å². The summed E-state index contributed by atoms with van der Waals surface area (Å²) in [7, 11) is 0. The molecule has 610 valence electrons. The van der Waals surface area contributed by atoms with Crippen molar-refractivity contribution in [1.82, 2.24) is 88.6 Å². The Morgan fingerprint density at radius 1 is 0.370 bits per heavy atom. The van der Waals surface area contributed by atoms with E-state index in [4.69, 9.17) is 46.7 Å². The highest BCUT2D eigenvalue weighted by molar-refractivity contribution is 6.01. The molecule has 27 nitrogen and oxygen atoms in total. The standard InChI is InChI=1S/C31H33N7O2.C31H35N7O2.C30H33N7O2/c32-30-28-29(21-8-14-26(15-9-21)40-25-5-2-1-3-6-25)35-38(31(28)34-20-33-30)24-16-18-36(19-24)27(39)7-4-17-37(22-10-11-22)23-12-13-23;1-2-36(23-14-15-23)18-7-11-27(39)37-19-6-8-24(20-37)38-31-28(30(32)33-21-34-31)29(35-38)22-12-16-26(17-13-22)40-25-9-4-3-5-10-25;1-2-35(22-12-13-22)17-6-9-26(38)36-18-16-23(19-36)37-30-27(29(31)32-20-33-30)28(34-37)21-10-14-25(15-11-21)39-24-7-4-3-5-8-24/h1-9,14-15,20,22-24H,10-13,16-19H2,(H2,32,33,34);3-5,7,9-13,16-17,21,23-24H,2,6,8,14-15,18-20H2,1H3,(H2,32,33,34);3-11,14-15,20,22-23H,2,12-13,16-19H2,1H3,(H2,31,32,33)/b7-4+;11-7+;9-6+/t2*24-;23-/m111/s1. The second-order valence-electron chi connectivity index (χ2n) is 31.6. The predicted octanol–water partition coefficient (Wildman–Crippen LogP) is 14.6. The van der Waals surface area contributed by atoms with E-state index >= 15 is 0 Å². The van der Waals surface area contributed by atoms with Crippen LogP contribution in [0.15, 0.2) is 219 Å². The minimum absolute atomic E-state index is 0.00376. The molecule has 0 bridgehead atoms. The van der Waals surface area contributed by atoms with Gasteiger partial charge in [0.1, 0.15) is 88.0 Å². The predicted molar refractivity (Wildman–Crippen MR) is 461 cm³/mol. The van der Waals surface area contributed by atoms with Crippen LogP contribution in [0.4, 0.5) is 17.5 Å². The summed E-state index contributed by atoms with van der Waals surface area (Å²) >= 11 is 0. The maximum absolute atomic E-state index is 13.1. The highest BCUT2D eigenvalue weighted by Gasteiger charge is 2.39. The normalized spacial score (nSPS) is 18.1. The summed E-state index contributed by atoms with van der Waals surface area (Å²) in [6.07, 6.45) is 29.4. The summed E-state index contributed by atoms with van der Waals surface area (Å²) in [4.78, 5) is 78.5. The van der Waals surface area contributed by atoms with Crippen molar-refractivity contribution < 1.29 is 28.6 Å². The number of hydrogen-bond acceptors (Lipinski definition) is 21. The number of nitrogens with zero attached hydrogens (tertiary/aromatic N) is 18. The Kier molecular flexibility index (Phi) is 23.8. The van der Waals surface area contributed by atoms with Crippen LogP contribution in [0.3, 0.4) is 0 Å². The number of carbonyl (C=O) groups excluding carboxylic acids is 3. The summed E-state index contributed by atoms with van der Waals surface area (Å²) in [5, 5.41) is 17.1. The number of aromatic nitrogens is 12. The van der Waals surface area contributed by atoms with Crippen LogP contribution in [0.5, 0.6) is 34.5 Å². The largest absolute Gasteiger partial charge is 0.457 e. The number of nitrogen functional groups attached to an aromatic ring is 3. The fourth-order valence-electron chi connectivity index (χ4n) is 16.4. The SMILES string of the molecule is CCN(C/C=C/C(=O)N1CCC[C@@H](n2nc(-c3ccc(Oc4ccccc4)cc3)c3c(N)ncnc32)C1)C1CC1.CCN(C/C=C/C(=O)N1CC[C@@H](n2nc(-c3ccc(Oc4ccccc4)cc3)c3c(N)ncnc32)C1)C1CC1.Nc1ncnc2c1c(-c1ccc(Oc3ccccc3)cc1)nn2[C@@H]1CCN(C(=O)/C=C/CN(C2CC2)C2CC2)C1. The molecule has 12 aromatic rings. The van der Waals surface area contributed by atoms with E-state index in [2.05, 4.69) is 58.5 Å². The van der Waals surface area contributed by atoms with Crippen molar-refractivity contribution in [1.29, 1.82) is 0 Å². The Labute approximate surface area is 691 Å². The molecule has 7 fully saturated rings. The number of carbonyl (C=O) groups is 3. The van der Waals surface area contributed by atoms with Gasteiger partial charge in [0.25, 0.3) is 0 Å². The number of likely N-dealkylation sites (N-methyl/N-ethyl adjacent to an activating group) is 2. The molecule has 4 saturated carbocycles. The van der Waals surface area contributed by atoms with Crippen LogP contribution in [0.25, 0.3) is 66.9 Å². The van der Waals surface area contributed by atoms with Gasteiger partial charge in [0.15, 0.2) is 16.9 Å². The van der Waals surface area contributed by atoms with Gasteiger partial charge in [-0.25, -0.2) is 43.9 Å². The number of fused-ring (bicyclic) bond motifs is 3. The fourth-order valence-corrected chi connectivity index (χ4v) is 16.4. The minimum atomic E-state index is -0.00376. The van der Waals surface area contributed by atoms with E-state index in [1.807, 2.05) is 211 Å². The first-order chi connectivity index (χ1) is 58.3. The van der Waals surface area contributed by atoms with Crippen molar-refractivity contribution in [2.75, 3.05) is 89.2 Å².